The molecule has 1 aromatic carbocycles. The summed E-state index contributed by atoms with van der Waals surface area (Å²) < 4.78 is 17.2. The largest absolute Gasteiger partial charge is 0.497 e. The molecule has 0 aromatic heterocycles. The van der Waals surface area contributed by atoms with Gasteiger partial charge < -0.3 is 29.1 Å². The number of anilines is 1. The van der Waals surface area contributed by atoms with E-state index in [4.69, 9.17) is 14.2 Å². The second kappa shape index (κ2) is 11.4. The predicted molar refractivity (Wildman–Crippen MR) is 145 cm³/mol. The Morgan fingerprint density at radius 3 is 2.58 bits per heavy atom. The van der Waals surface area contributed by atoms with Crippen LogP contribution in [0.1, 0.15) is 33.6 Å². The number of hydrogen-bond donors (Lipinski definition) is 1. The summed E-state index contributed by atoms with van der Waals surface area (Å²) in [5.74, 6) is -2.38. The quantitative estimate of drug-likeness (QED) is 0.239. The number of esters is 1. The van der Waals surface area contributed by atoms with Gasteiger partial charge in [0.15, 0.2) is 0 Å². The number of benzene rings is 1. The van der Waals surface area contributed by atoms with Gasteiger partial charge in [0.1, 0.15) is 17.4 Å². The minimum atomic E-state index is -1.24. The average Bonchev–Trinajstić information content (AvgIpc) is 3.51. The molecule has 3 aliphatic heterocycles. The highest BCUT2D eigenvalue weighted by atomic mass is 79.9. The second-order valence-electron chi connectivity index (χ2n) is 10.2. The number of rotatable bonds is 11. The third-order valence-corrected chi connectivity index (χ3v) is 9.17. The molecule has 4 rings (SSSR count). The van der Waals surface area contributed by atoms with Crippen molar-refractivity contribution in [3.63, 3.8) is 0 Å². The van der Waals surface area contributed by atoms with Crippen LogP contribution in [0.2, 0.25) is 0 Å². The van der Waals surface area contributed by atoms with Crippen LogP contribution in [0.5, 0.6) is 5.75 Å². The molecule has 3 fully saturated rings. The molecule has 1 unspecified atom stereocenters. The molecule has 1 aromatic rings. The summed E-state index contributed by atoms with van der Waals surface area (Å²) in [5.41, 5.74) is -0.631. The van der Waals surface area contributed by atoms with E-state index in [0.717, 1.165) is 0 Å². The number of methoxy groups -OCH3 is 1. The second-order valence-corrected chi connectivity index (χ2v) is 11.4. The van der Waals surface area contributed by atoms with Crippen molar-refractivity contribution in [2.24, 2.45) is 17.8 Å². The third-order valence-electron chi connectivity index (χ3n) is 8.33. The number of ether oxygens (including phenoxy) is 3. The molecule has 3 heterocycles. The van der Waals surface area contributed by atoms with Gasteiger partial charge in [0, 0.05) is 17.1 Å². The van der Waals surface area contributed by atoms with Crippen molar-refractivity contribution < 1.29 is 33.7 Å². The maximum Gasteiger partial charge on any atom is 0.312 e. The van der Waals surface area contributed by atoms with Crippen molar-refractivity contribution in [1.29, 1.82) is 0 Å². The third kappa shape index (κ3) is 4.44. The number of aliphatic hydroxyl groups is 1. The van der Waals surface area contributed by atoms with Crippen molar-refractivity contribution in [2.75, 3.05) is 31.8 Å². The molecule has 1 N–H and O–H groups in total. The zero-order chi connectivity index (χ0) is 27.8. The molecular weight excluding hydrogens is 556 g/mol. The summed E-state index contributed by atoms with van der Waals surface area (Å²) in [6.07, 6.45) is 2.09. The lowest BCUT2D eigenvalue weighted by Gasteiger charge is -2.41. The molecule has 0 aliphatic carbocycles. The fraction of sp³-hybridized carbons (Fsp3) is 0.607. The van der Waals surface area contributed by atoms with Crippen LogP contribution in [0.3, 0.4) is 0 Å². The van der Waals surface area contributed by atoms with Crippen LogP contribution < -0.4 is 9.64 Å². The standard InChI is InChI=1S/C28H37BrN2O7/c1-6-13-30(17-9-11-18(36-5)12-10-17)26(34)24-28-14-19(29)23(38-28)21(27(35)37-8-3)22(28)25(33)31(24)20(15-32)16(4)7-2/h6,9-12,16,19-24,32H,1,7-8,13-15H2,2-5H3/t16-,19?,20-,21+,22-,23+,24+,28-/m0/s1. The van der Waals surface area contributed by atoms with Crippen molar-refractivity contribution >= 4 is 39.4 Å². The number of carbonyl (C=O) groups is 3. The average molecular weight is 594 g/mol. The SMILES string of the molecule is C=CCN(C(=O)[C@H]1N([C@@H](CO)[C@@H](C)CC)C(=O)[C@@H]2[C@@H](C(=O)OCC)[C@@H]3O[C@@]21CC3Br)c1ccc(OC)cc1. The Bertz CT molecular complexity index is 1070. The van der Waals surface area contributed by atoms with Gasteiger partial charge in [0.25, 0.3) is 5.91 Å². The number of halogens is 1. The number of fused-ring (bicyclic) bond motifs is 1. The fourth-order valence-corrected chi connectivity index (χ4v) is 7.33. The Labute approximate surface area is 232 Å². The Balaban J connectivity index is 1.85. The molecule has 0 radical (unpaired) electrons. The Hall–Kier alpha value is -2.43. The van der Waals surface area contributed by atoms with Crippen LogP contribution in [-0.2, 0) is 23.9 Å². The number of aliphatic hydroxyl groups excluding tert-OH is 1. The van der Waals surface area contributed by atoms with E-state index in [-0.39, 0.29) is 42.3 Å². The highest BCUT2D eigenvalue weighted by molar-refractivity contribution is 9.09. The predicted octanol–water partition coefficient (Wildman–Crippen LogP) is 2.93. The lowest BCUT2D eigenvalue weighted by molar-refractivity contribution is -0.155. The monoisotopic (exact) mass is 592 g/mol. The summed E-state index contributed by atoms with van der Waals surface area (Å²) in [6, 6.07) is 5.40. The van der Waals surface area contributed by atoms with Gasteiger partial charge in [-0.25, -0.2) is 0 Å². The molecule has 3 aliphatic rings. The molecule has 2 amide bonds. The molecule has 10 heteroatoms. The maximum atomic E-state index is 14.6. The van der Waals surface area contributed by atoms with Crippen molar-refractivity contribution in [3.8, 4) is 5.75 Å². The van der Waals surface area contributed by atoms with Crippen LogP contribution in [0, 0.1) is 17.8 Å². The van der Waals surface area contributed by atoms with E-state index < -0.39 is 41.6 Å². The smallest absolute Gasteiger partial charge is 0.312 e. The van der Waals surface area contributed by atoms with Gasteiger partial charge in [-0.05, 0) is 43.5 Å². The molecule has 8 atom stereocenters. The summed E-state index contributed by atoms with van der Waals surface area (Å²) in [6.45, 7) is 9.52. The van der Waals surface area contributed by atoms with Crippen molar-refractivity contribution in [2.45, 2.75) is 62.2 Å². The van der Waals surface area contributed by atoms with E-state index in [1.54, 1.807) is 49.3 Å². The van der Waals surface area contributed by atoms with E-state index in [9.17, 15) is 19.5 Å². The summed E-state index contributed by atoms with van der Waals surface area (Å²) >= 11 is 3.66. The summed E-state index contributed by atoms with van der Waals surface area (Å²) in [4.78, 5) is 44.8. The minimum Gasteiger partial charge on any atom is -0.497 e. The van der Waals surface area contributed by atoms with Gasteiger partial charge in [-0.1, -0.05) is 42.3 Å². The van der Waals surface area contributed by atoms with E-state index in [2.05, 4.69) is 22.5 Å². The van der Waals surface area contributed by atoms with Crippen LogP contribution >= 0.6 is 15.9 Å². The number of amides is 2. The van der Waals surface area contributed by atoms with Crippen LogP contribution in [0.15, 0.2) is 36.9 Å². The normalized spacial score (nSPS) is 31.1. The van der Waals surface area contributed by atoms with Gasteiger partial charge in [0.2, 0.25) is 5.91 Å². The number of carbonyl (C=O) groups excluding carboxylic acids is 3. The molecular formula is C28H37BrN2O7. The van der Waals surface area contributed by atoms with Crippen LogP contribution in [-0.4, -0.2) is 83.3 Å². The molecule has 0 saturated carbocycles. The Morgan fingerprint density at radius 2 is 2.03 bits per heavy atom. The zero-order valence-corrected chi connectivity index (χ0v) is 23.9. The van der Waals surface area contributed by atoms with E-state index in [1.807, 2.05) is 13.8 Å². The van der Waals surface area contributed by atoms with E-state index >= 15 is 0 Å². The molecule has 38 heavy (non-hydrogen) atoms. The molecule has 2 bridgehead atoms. The number of alkyl halides is 1. The van der Waals surface area contributed by atoms with Gasteiger partial charge in [-0.2, -0.15) is 0 Å². The number of likely N-dealkylation sites (tertiary alicyclic amines) is 1. The minimum absolute atomic E-state index is 0.0960. The molecule has 208 valence electrons. The van der Waals surface area contributed by atoms with Crippen LogP contribution in [0.4, 0.5) is 5.69 Å². The van der Waals surface area contributed by atoms with E-state index in [0.29, 0.717) is 24.3 Å². The first-order valence-corrected chi connectivity index (χ1v) is 14.1. The van der Waals surface area contributed by atoms with Gasteiger partial charge >= 0.3 is 5.97 Å². The van der Waals surface area contributed by atoms with Crippen LogP contribution in [0.25, 0.3) is 0 Å². The zero-order valence-electron chi connectivity index (χ0n) is 22.3. The summed E-state index contributed by atoms with van der Waals surface area (Å²) in [5, 5.41) is 10.5. The lowest BCUT2D eigenvalue weighted by Crippen LogP contribution is -2.60. The van der Waals surface area contributed by atoms with E-state index in [1.165, 1.54) is 4.90 Å². The first kappa shape index (κ1) is 28.6. The molecule has 3 saturated heterocycles. The Kier molecular flexibility index (Phi) is 8.54. The van der Waals surface area contributed by atoms with Crippen molar-refractivity contribution in [3.05, 3.63) is 36.9 Å². The lowest BCUT2D eigenvalue weighted by atomic mass is 9.70. The summed E-state index contributed by atoms with van der Waals surface area (Å²) in [7, 11) is 1.57. The fourth-order valence-electron chi connectivity index (χ4n) is 6.39. The molecule has 1 spiro atoms. The topological polar surface area (TPSA) is 106 Å². The number of nitrogens with zero attached hydrogens (tertiary/aromatic N) is 2. The van der Waals surface area contributed by atoms with Gasteiger partial charge in [0.05, 0.1) is 44.3 Å². The first-order chi connectivity index (χ1) is 18.2. The maximum absolute atomic E-state index is 14.6. The van der Waals surface area contributed by atoms with Crippen molar-refractivity contribution in [1.82, 2.24) is 4.90 Å². The highest BCUT2D eigenvalue weighted by Crippen LogP contribution is 2.61. The number of hydrogen-bond acceptors (Lipinski definition) is 7. The van der Waals surface area contributed by atoms with Gasteiger partial charge in [-0.3, -0.25) is 14.4 Å². The first-order valence-electron chi connectivity index (χ1n) is 13.2. The highest BCUT2D eigenvalue weighted by Gasteiger charge is 2.77. The molecule has 9 nitrogen and oxygen atoms in total. The van der Waals surface area contributed by atoms with Gasteiger partial charge in [-0.15, -0.1) is 6.58 Å². The Morgan fingerprint density at radius 1 is 1.34 bits per heavy atom.